The van der Waals surface area contributed by atoms with Crippen LogP contribution in [0.4, 0.5) is 0 Å². The lowest BCUT2D eigenvalue weighted by molar-refractivity contribution is -0.167. The van der Waals surface area contributed by atoms with Gasteiger partial charge in [0.15, 0.2) is 6.10 Å². The number of unbranched alkanes of at least 4 members (excludes halogenated alkanes) is 53. The minimum Gasteiger partial charge on any atom is -0.462 e. The van der Waals surface area contributed by atoms with Crippen LogP contribution in [-0.2, 0) is 28.6 Å². The van der Waals surface area contributed by atoms with E-state index >= 15 is 0 Å². The first kappa shape index (κ1) is 72.4. The molecule has 6 heteroatoms. The van der Waals surface area contributed by atoms with Gasteiger partial charge in [0.1, 0.15) is 13.2 Å². The summed E-state index contributed by atoms with van der Waals surface area (Å²) in [5.41, 5.74) is 0. The van der Waals surface area contributed by atoms with Gasteiger partial charge >= 0.3 is 17.9 Å². The van der Waals surface area contributed by atoms with E-state index in [1.54, 1.807) is 0 Å². The largest absolute Gasteiger partial charge is 0.462 e. The molecule has 0 aliphatic heterocycles. The van der Waals surface area contributed by atoms with Crippen molar-refractivity contribution in [3.05, 3.63) is 0 Å². The number of ether oxygens (including phenoxy) is 3. The third-order valence-corrected chi connectivity index (χ3v) is 15.9. The van der Waals surface area contributed by atoms with Crippen molar-refractivity contribution in [1.82, 2.24) is 0 Å². The van der Waals surface area contributed by atoms with E-state index in [0.717, 1.165) is 57.8 Å². The van der Waals surface area contributed by atoms with Crippen LogP contribution >= 0.6 is 0 Å². The number of esters is 3. The first-order valence-corrected chi connectivity index (χ1v) is 34.0. The number of carbonyl (C=O) groups is 3. The molecule has 0 aromatic rings. The minimum absolute atomic E-state index is 0.0608. The van der Waals surface area contributed by atoms with Crippen LogP contribution in [0.5, 0.6) is 0 Å². The Morgan fingerprint density at radius 1 is 0.216 bits per heavy atom. The van der Waals surface area contributed by atoms with Gasteiger partial charge in [-0.1, -0.05) is 361 Å². The third kappa shape index (κ3) is 61.3. The Morgan fingerprint density at radius 2 is 0.365 bits per heavy atom. The predicted molar refractivity (Wildman–Crippen MR) is 321 cm³/mol. The molecular formula is C68H132O6. The van der Waals surface area contributed by atoms with Gasteiger partial charge in [0.25, 0.3) is 0 Å². The molecule has 1 unspecified atom stereocenters. The summed E-state index contributed by atoms with van der Waals surface area (Å²) in [6, 6.07) is 0. The minimum atomic E-state index is -0.762. The molecule has 0 saturated heterocycles. The molecule has 0 radical (unpaired) electrons. The zero-order chi connectivity index (χ0) is 53.6. The second-order valence-electron chi connectivity index (χ2n) is 23.5. The fraction of sp³-hybridized carbons (Fsp3) is 0.956. The molecule has 0 fully saturated rings. The van der Waals surface area contributed by atoms with Gasteiger partial charge in [-0.2, -0.15) is 0 Å². The maximum atomic E-state index is 12.9. The highest BCUT2D eigenvalue weighted by atomic mass is 16.6. The molecule has 0 rings (SSSR count). The average Bonchev–Trinajstić information content (AvgIpc) is 3.40. The Hall–Kier alpha value is -1.59. The lowest BCUT2D eigenvalue weighted by Gasteiger charge is -2.18. The number of rotatable bonds is 64. The molecule has 0 aliphatic rings. The highest BCUT2D eigenvalue weighted by Gasteiger charge is 2.19. The van der Waals surface area contributed by atoms with Gasteiger partial charge in [-0.3, -0.25) is 14.4 Å². The molecule has 74 heavy (non-hydrogen) atoms. The molecule has 0 heterocycles. The summed E-state index contributed by atoms with van der Waals surface area (Å²) in [4.78, 5) is 38.2. The van der Waals surface area contributed by atoms with Crippen molar-refractivity contribution in [1.29, 1.82) is 0 Å². The molecule has 0 amide bonds. The van der Waals surface area contributed by atoms with Crippen LogP contribution < -0.4 is 0 Å². The molecule has 0 bridgehead atoms. The molecule has 0 aromatic carbocycles. The quantitative estimate of drug-likeness (QED) is 0.0343. The Balaban J connectivity index is 4.08. The van der Waals surface area contributed by atoms with Crippen molar-refractivity contribution in [2.24, 2.45) is 0 Å². The zero-order valence-corrected chi connectivity index (χ0v) is 50.7. The van der Waals surface area contributed by atoms with E-state index in [4.69, 9.17) is 14.2 Å². The fourth-order valence-electron chi connectivity index (χ4n) is 10.7. The van der Waals surface area contributed by atoms with Gasteiger partial charge in [-0.05, 0) is 19.3 Å². The standard InChI is InChI=1S/C68H132O6/c1-4-7-10-13-16-19-21-23-25-27-29-31-32-33-34-35-37-38-40-42-44-46-49-52-55-58-61-67(70)73-64-65(63-72-66(69)60-57-54-51-48-18-15-12-9-6-3)74-68(71)62-59-56-53-50-47-45-43-41-39-36-30-28-26-24-22-20-17-14-11-8-5-2/h65H,4-64H2,1-3H3. The molecule has 0 spiro atoms. The van der Waals surface area contributed by atoms with E-state index < -0.39 is 6.10 Å². The second kappa shape index (κ2) is 63.9. The summed E-state index contributed by atoms with van der Waals surface area (Å²) in [7, 11) is 0. The van der Waals surface area contributed by atoms with Crippen LogP contribution in [0.1, 0.15) is 400 Å². The van der Waals surface area contributed by atoms with E-state index in [9.17, 15) is 14.4 Å². The van der Waals surface area contributed by atoms with E-state index in [1.807, 2.05) is 0 Å². The lowest BCUT2D eigenvalue weighted by Crippen LogP contribution is -2.30. The van der Waals surface area contributed by atoms with Crippen molar-refractivity contribution in [2.45, 2.75) is 406 Å². The molecule has 6 nitrogen and oxygen atoms in total. The zero-order valence-electron chi connectivity index (χ0n) is 50.7. The Morgan fingerprint density at radius 3 is 0.541 bits per heavy atom. The van der Waals surface area contributed by atoms with Crippen LogP contribution in [0, 0.1) is 0 Å². The Labute approximate surface area is 463 Å². The smallest absolute Gasteiger partial charge is 0.306 e. The molecule has 440 valence electrons. The van der Waals surface area contributed by atoms with Crippen LogP contribution in [0.3, 0.4) is 0 Å². The van der Waals surface area contributed by atoms with E-state index in [1.165, 1.54) is 302 Å². The maximum absolute atomic E-state index is 12.9. The topological polar surface area (TPSA) is 78.9 Å². The summed E-state index contributed by atoms with van der Waals surface area (Å²) in [5, 5.41) is 0. The maximum Gasteiger partial charge on any atom is 0.306 e. The van der Waals surface area contributed by atoms with E-state index in [0.29, 0.717) is 19.3 Å². The van der Waals surface area contributed by atoms with Gasteiger partial charge in [-0.25, -0.2) is 0 Å². The van der Waals surface area contributed by atoms with Crippen molar-refractivity contribution in [3.63, 3.8) is 0 Å². The highest BCUT2D eigenvalue weighted by Crippen LogP contribution is 2.19. The van der Waals surface area contributed by atoms with Crippen molar-refractivity contribution in [3.8, 4) is 0 Å². The summed E-state index contributed by atoms with van der Waals surface area (Å²) < 4.78 is 16.9. The van der Waals surface area contributed by atoms with Gasteiger partial charge in [-0.15, -0.1) is 0 Å². The number of hydrogen-bond acceptors (Lipinski definition) is 6. The normalized spacial score (nSPS) is 11.9. The van der Waals surface area contributed by atoms with E-state index in [2.05, 4.69) is 20.8 Å². The molecule has 0 aliphatic carbocycles. The van der Waals surface area contributed by atoms with Crippen LogP contribution in [0.25, 0.3) is 0 Å². The Bertz CT molecular complexity index is 1110. The van der Waals surface area contributed by atoms with Crippen LogP contribution in [0.2, 0.25) is 0 Å². The van der Waals surface area contributed by atoms with Crippen molar-refractivity contribution in [2.75, 3.05) is 13.2 Å². The predicted octanol–water partition coefficient (Wildman–Crippen LogP) is 23.1. The Kier molecular flexibility index (Phi) is 62.6. The van der Waals surface area contributed by atoms with Gasteiger partial charge in [0.05, 0.1) is 0 Å². The van der Waals surface area contributed by atoms with Crippen LogP contribution in [-0.4, -0.2) is 37.2 Å². The third-order valence-electron chi connectivity index (χ3n) is 15.9. The summed E-state index contributed by atoms with van der Waals surface area (Å²) in [5.74, 6) is -0.828. The van der Waals surface area contributed by atoms with Crippen molar-refractivity contribution >= 4 is 17.9 Å². The van der Waals surface area contributed by atoms with Gasteiger partial charge in [0, 0.05) is 19.3 Å². The second-order valence-corrected chi connectivity index (χ2v) is 23.5. The highest BCUT2D eigenvalue weighted by molar-refractivity contribution is 5.71. The first-order valence-electron chi connectivity index (χ1n) is 34.0. The lowest BCUT2D eigenvalue weighted by atomic mass is 10.0. The molecular weight excluding hydrogens is 913 g/mol. The average molecular weight is 1050 g/mol. The number of hydrogen-bond donors (Lipinski definition) is 0. The van der Waals surface area contributed by atoms with Gasteiger partial charge < -0.3 is 14.2 Å². The SMILES string of the molecule is CCCCCCCCCCCCCCCCCCCCCCCCCCCCC(=O)OCC(COC(=O)CCCCCCCCCCC)OC(=O)CCCCCCCCCCCCCCCCCCCCCCC. The van der Waals surface area contributed by atoms with E-state index in [-0.39, 0.29) is 31.1 Å². The van der Waals surface area contributed by atoms with Crippen LogP contribution in [0.15, 0.2) is 0 Å². The molecule has 0 N–H and O–H groups in total. The van der Waals surface area contributed by atoms with Gasteiger partial charge in [0.2, 0.25) is 0 Å². The molecule has 0 saturated carbocycles. The first-order chi connectivity index (χ1) is 36.5. The van der Waals surface area contributed by atoms with Crippen molar-refractivity contribution < 1.29 is 28.6 Å². The molecule has 0 aromatic heterocycles. The summed E-state index contributed by atoms with van der Waals surface area (Å²) in [6.45, 7) is 6.71. The monoisotopic (exact) mass is 1050 g/mol. The molecule has 1 atom stereocenters. The summed E-state index contributed by atoms with van der Waals surface area (Å²) in [6.07, 6.45) is 74.3. The summed E-state index contributed by atoms with van der Waals surface area (Å²) >= 11 is 0. The number of carbonyl (C=O) groups excluding carboxylic acids is 3. The fourth-order valence-corrected chi connectivity index (χ4v) is 10.7.